The van der Waals surface area contributed by atoms with Crippen LogP contribution in [0.2, 0.25) is 0 Å². The van der Waals surface area contributed by atoms with Crippen LogP contribution in [0, 0.1) is 58.0 Å². The van der Waals surface area contributed by atoms with Gasteiger partial charge in [-0.1, -0.05) is 53.4 Å². The molecule has 0 amide bonds. The Morgan fingerprint density at radius 3 is 1.51 bits per heavy atom. The molecule has 2 aliphatic rings. The summed E-state index contributed by atoms with van der Waals surface area (Å²) < 4.78 is 11.6. The van der Waals surface area contributed by atoms with Gasteiger partial charge in [0.2, 0.25) is 0 Å². The zero-order valence-corrected chi connectivity index (χ0v) is 32.3. The Balaban J connectivity index is 0.000000762. The molecule has 0 bridgehead atoms. The van der Waals surface area contributed by atoms with E-state index in [1.54, 1.807) is 20.3 Å². The molecule has 0 radical (unpaired) electrons. The SMILES string of the molecule is COc1c(C)cc(P(c2cc(C)c(OC)c(C)c2)[c-]2cc[c-]c2[C@@H](C)P(C2CCCCC2)C2CCCCC2)cc1C.[Fe+2].[c-]1[c-][c-][cH-][c-]1. The molecule has 2 saturated carbocycles. The first-order valence-corrected chi connectivity index (χ1v) is 20.1. The van der Waals surface area contributed by atoms with Crippen LogP contribution in [-0.2, 0) is 17.1 Å². The van der Waals surface area contributed by atoms with Crippen LogP contribution in [0.15, 0.2) is 42.5 Å². The minimum Gasteiger partial charge on any atom is -0.999 e. The van der Waals surface area contributed by atoms with Crippen molar-refractivity contribution in [1.29, 1.82) is 0 Å². The van der Waals surface area contributed by atoms with Crippen LogP contribution in [0.1, 0.15) is 105 Å². The normalized spacial score (nSPS) is 16.4. The van der Waals surface area contributed by atoms with Gasteiger partial charge in [0, 0.05) is 0 Å². The Kier molecular flexibility index (Phi) is 14.7. The monoisotopic (exact) mass is 705 g/mol. The van der Waals surface area contributed by atoms with E-state index in [1.165, 1.54) is 108 Å². The van der Waals surface area contributed by atoms with E-state index in [2.05, 4.69) is 101 Å². The molecule has 4 aromatic carbocycles. The molecule has 0 N–H and O–H groups in total. The number of benzene rings is 2. The molecular weight excluding hydrogens is 654 g/mol. The molecule has 0 saturated heterocycles. The Bertz CT molecular complexity index is 1370. The number of hydrogen-bond acceptors (Lipinski definition) is 2. The fourth-order valence-electron chi connectivity index (χ4n) is 8.11. The van der Waals surface area contributed by atoms with Crippen molar-refractivity contribution < 1.29 is 26.5 Å². The fraction of sp³-hybridized carbons (Fsp3) is 0.476. The molecule has 0 unspecified atom stereocenters. The summed E-state index contributed by atoms with van der Waals surface area (Å²) in [5, 5.41) is 4.33. The largest absolute Gasteiger partial charge is 2.00 e. The van der Waals surface area contributed by atoms with E-state index in [4.69, 9.17) is 9.47 Å². The number of methoxy groups -OCH3 is 2. The van der Waals surface area contributed by atoms with Crippen molar-refractivity contribution in [3.05, 3.63) is 101 Å². The van der Waals surface area contributed by atoms with E-state index < -0.39 is 7.92 Å². The Morgan fingerprint density at radius 1 is 0.723 bits per heavy atom. The van der Waals surface area contributed by atoms with Crippen molar-refractivity contribution in [3.8, 4) is 11.5 Å². The van der Waals surface area contributed by atoms with Gasteiger partial charge in [-0.05, 0) is 127 Å². The second-order valence-corrected chi connectivity index (χ2v) is 18.5. The van der Waals surface area contributed by atoms with Crippen molar-refractivity contribution in [2.45, 2.75) is 116 Å². The molecule has 1 atom stereocenters. The van der Waals surface area contributed by atoms with E-state index in [9.17, 15) is 0 Å². The predicted octanol–water partition coefficient (Wildman–Crippen LogP) is 10.0. The zero-order chi connectivity index (χ0) is 32.6. The van der Waals surface area contributed by atoms with Gasteiger partial charge in [0.05, 0.1) is 14.2 Å². The summed E-state index contributed by atoms with van der Waals surface area (Å²) in [6.45, 7) is 11.4. The van der Waals surface area contributed by atoms with Crippen LogP contribution < -0.4 is 25.4 Å². The summed E-state index contributed by atoms with van der Waals surface area (Å²) in [7, 11) is 2.74. The second-order valence-electron chi connectivity index (χ2n) is 13.2. The van der Waals surface area contributed by atoms with E-state index in [1.807, 2.05) is 0 Å². The molecule has 6 rings (SSSR count). The minimum absolute atomic E-state index is 0. The molecular formula is C42H51FeO2P2-5. The molecule has 0 heterocycles. The molecule has 2 aliphatic carbocycles. The molecule has 0 aromatic heterocycles. The van der Waals surface area contributed by atoms with Gasteiger partial charge < -0.3 is 51.9 Å². The van der Waals surface area contributed by atoms with E-state index in [0.717, 1.165) is 22.8 Å². The average molecular weight is 706 g/mol. The zero-order valence-electron chi connectivity index (χ0n) is 29.4. The maximum atomic E-state index is 5.79. The van der Waals surface area contributed by atoms with Crippen molar-refractivity contribution in [1.82, 2.24) is 0 Å². The maximum absolute atomic E-state index is 5.79. The first-order valence-electron chi connectivity index (χ1n) is 17.2. The number of ether oxygens (including phenoxy) is 2. The molecule has 4 aromatic rings. The second kappa shape index (κ2) is 18.2. The topological polar surface area (TPSA) is 18.5 Å². The molecule has 254 valence electrons. The van der Waals surface area contributed by atoms with Crippen LogP contribution >= 0.6 is 15.8 Å². The third-order valence-electron chi connectivity index (χ3n) is 10.0. The van der Waals surface area contributed by atoms with Gasteiger partial charge in [0.25, 0.3) is 0 Å². The van der Waals surface area contributed by atoms with Gasteiger partial charge in [0.1, 0.15) is 11.5 Å². The van der Waals surface area contributed by atoms with Gasteiger partial charge >= 0.3 is 17.1 Å². The molecule has 2 fully saturated rings. The number of aryl methyl sites for hydroxylation is 4. The van der Waals surface area contributed by atoms with E-state index in [-0.39, 0.29) is 25.0 Å². The van der Waals surface area contributed by atoms with Gasteiger partial charge in [0.15, 0.2) is 0 Å². The number of rotatable bonds is 9. The first-order chi connectivity index (χ1) is 22.3. The van der Waals surface area contributed by atoms with Gasteiger partial charge in [-0.25, -0.2) is 5.30 Å². The third kappa shape index (κ3) is 9.03. The summed E-state index contributed by atoms with van der Waals surface area (Å²) >= 11 is 0. The predicted molar refractivity (Wildman–Crippen MR) is 198 cm³/mol. The van der Waals surface area contributed by atoms with Gasteiger partial charge in [-0.15, -0.1) is 7.92 Å². The van der Waals surface area contributed by atoms with E-state index in [0.29, 0.717) is 5.66 Å². The van der Waals surface area contributed by atoms with Crippen molar-refractivity contribution in [2.24, 2.45) is 0 Å². The van der Waals surface area contributed by atoms with Crippen LogP contribution in [0.5, 0.6) is 11.5 Å². The van der Waals surface area contributed by atoms with Crippen molar-refractivity contribution in [2.75, 3.05) is 14.2 Å². The van der Waals surface area contributed by atoms with Crippen LogP contribution in [0.3, 0.4) is 0 Å². The van der Waals surface area contributed by atoms with Crippen molar-refractivity contribution in [3.63, 3.8) is 0 Å². The summed E-state index contributed by atoms with van der Waals surface area (Å²) in [5.74, 6) is 2.01. The maximum Gasteiger partial charge on any atom is 2.00 e. The minimum atomic E-state index is -0.753. The summed E-state index contributed by atoms with van der Waals surface area (Å²) in [6.07, 6.45) is 14.4. The smallest absolute Gasteiger partial charge is 0.999 e. The summed E-state index contributed by atoms with van der Waals surface area (Å²) in [4.78, 5) is 0. The number of hydrogen-bond donors (Lipinski definition) is 0. The molecule has 0 spiro atoms. The molecule has 0 aliphatic heterocycles. The quantitative estimate of drug-likeness (QED) is 0.0981. The van der Waals surface area contributed by atoms with Crippen molar-refractivity contribution >= 4 is 31.8 Å². The Hall–Kier alpha value is -1.88. The van der Waals surface area contributed by atoms with E-state index >= 15 is 0 Å². The Labute approximate surface area is 299 Å². The summed E-state index contributed by atoms with van der Waals surface area (Å²) in [5.41, 5.74) is 8.82. The van der Waals surface area contributed by atoms with Crippen LogP contribution in [0.25, 0.3) is 0 Å². The fourth-order valence-corrected chi connectivity index (χ4v) is 15.4. The third-order valence-corrected chi connectivity index (χ3v) is 16.3. The van der Waals surface area contributed by atoms with Crippen LogP contribution in [0.4, 0.5) is 0 Å². The average Bonchev–Trinajstić information content (AvgIpc) is 3.79. The standard InChI is InChI=1S/C37H50O2P2.C5H.Fe/c1-25-21-32(22-26(2)36(25)38-6)41(33-23-27(3)37(39-7)28(4)24-33)35-20-14-19-34(35)29(5)40(30-15-10-8-11-16-30)31-17-12-9-13-18-31;1-2-4-5-3-1;/h14,20-24,29-31H,8-13,15-18H2,1-7H3;1H;/q-2;-5;+2/t29-;;/m1../s1. The van der Waals surface area contributed by atoms with Gasteiger partial charge in [-0.3, -0.25) is 11.6 Å². The Morgan fingerprint density at radius 2 is 1.15 bits per heavy atom. The molecule has 47 heavy (non-hydrogen) atoms. The van der Waals surface area contributed by atoms with Gasteiger partial charge in [-0.2, -0.15) is 0 Å². The molecule has 2 nitrogen and oxygen atoms in total. The van der Waals surface area contributed by atoms with Crippen LogP contribution in [-0.4, -0.2) is 25.5 Å². The molecule has 5 heteroatoms. The summed E-state index contributed by atoms with van der Waals surface area (Å²) in [6, 6.07) is 30.1. The first kappa shape index (κ1) is 37.9.